The molecule has 0 aromatic heterocycles. The van der Waals surface area contributed by atoms with Gasteiger partial charge in [0.05, 0.1) is 6.04 Å². The second-order valence-corrected chi connectivity index (χ2v) is 5.73. The zero-order valence-electron chi connectivity index (χ0n) is 9.82. The van der Waals surface area contributed by atoms with E-state index in [1.165, 1.54) is 6.42 Å². The number of piperidine rings is 1. The van der Waals surface area contributed by atoms with Crippen LogP contribution in [-0.2, 0) is 4.79 Å². The molecular weight excluding hydrogens is 222 g/mol. The molecule has 0 bridgehead atoms. The fraction of sp³-hybridized carbons (Fsp3) is 0.909. The van der Waals surface area contributed by atoms with Crippen molar-refractivity contribution < 1.29 is 4.79 Å². The van der Waals surface area contributed by atoms with Crippen LogP contribution in [0.1, 0.15) is 19.3 Å². The number of nitrogens with one attached hydrogen (secondary N) is 1. The molecule has 0 saturated carbocycles. The SMILES string of the molecule is CSC1CNCC1N1CCCCC1C(N)=O. The summed E-state index contributed by atoms with van der Waals surface area (Å²) in [5.74, 6) is -0.147. The Hall–Kier alpha value is -0.260. The van der Waals surface area contributed by atoms with Crippen LogP contribution >= 0.6 is 11.8 Å². The predicted octanol–water partition coefficient (Wildman–Crippen LogP) is 0.0296. The molecule has 92 valence electrons. The standard InChI is InChI=1S/C11H21N3OS/c1-16-10-7-13-6-9(10)14-5-3-2-4-8(14)11(12)15/h8-10,13H,2-7H2,1H3,(H2,12,15). The van der Waals surface area contributed by atoms with Crippen LogP contribution in [0.4, 0.5) is 0 Å². The number of hydrogen-bond donors (Lipinski definition) is 2. The maximum absolute atomic E-state index is 11.5. The normalized spacial score (nSPS) is 36.4. The van der Waals surface area contributed by atoms with Crippen LogP contribution in [0.3, 0.4) is 0 Å². The Kier molecular flexibility index (Phi) is 4.10. The van der Waals surface area contributed by atoms with Crippen molar-refractivity contribution in [2.24, 2.45) is 5.73 Å². The lowest BCUT2D eigenvalue weighted by molar-refractivity contribution is -0.125. The highest BCUT2D eigenvalue weighted by Crippen LogP contribution is 2.26. The fourth-order valence-corrected chi connectivity index (χ4v) is 3.72. The topological polar surface area (TPSA) is 58.4 Å². The molecular formula is C11H21N3OS. The van der Waals surface area contributed by atoms with Crippen molar-refractivity contribution in [3.8, 4) is 0 Å². The van der Waals surface area contributed by atoms with Gasteiger partial charge in [0.25, 0.3) is 0 Å². The Bertz CT molecular complexity index is 262. The van der Waals surface area contributed by atoms with E-state index in [2.05, 4.69) is 16.5 Å². The van der Waals surface area contributed by atoms with Crippen LogP contribution in [0, 0.1) is 0 Å². The number of thioether (sulfide) groups is 1. The van der Waals surface area contributed by atoms with Crippen LogP contribution in [0.15, 0.2) is 0 Å². The Morgan fingerprint density at radius 1 is 1.44 bits per heavy atom. The van der Waals surface area contributed by atoms with Crippen molar-refractivity contribution >= 4 is 17.7 Å². The van der Waals surface area contributed by atoms with E-state index < -0.39 is 0 Å². The first-order valence-corrected chi connectivity index (χ1v) is 7.31. The number of primary amides is 1. The molecule has 3 N–H and O–H groups in total. The molecule has 2 fully saturated rings. The molecule has 3 unspecified atom stereocenters. The number of likely N-dealkylation sites (tertiary alicyclic amines) is 1. The van der Waals surface area contributed by atoms with Crippen molar-refractivity contribution in [3.63, 3.8) is 0 Å². The Labute approximate surface area is 101 Å². The summed E-state index contributed by atoms with van der Waals surface area (Å²) < 4.78 is 0. The minimum atomic E-state index is -0.147. The van der Waals surface area contributed by atoms with E-state index in [1.807, 2.05) is 11.8 Å². The number of carbonyl (C=O) groups excluding carboxylic acids is 1. The average molecular weight is 243 g/mol. The van der Waals surface area contributed by atoms with Crippen molar-refractivity contribution in [1.82, 2.24) is 10.2 Å². The molecule has 0 aromatic carbocycles. The molecule has 2 saturated heterocycles. The summed E-state index contributed by atoms with van der Waals surface area (Å²) in [6.45, 7) is 3.07. The summed E-state index contributed by atoms with van der Waals surface area (Å²) >= 11 is 1.89. The van der Waals surface area contributed by atoms with E-state index >= 15 is 0 Å². The number of nitrogens with two attached hydrogens (primary N) is 1. The van der Waals surface area contributed by atoms with E-state index in [1.54, 1.807) is 0 Å². The van der Waals surface area contributed by atoms with Crippen molar-refractivity contribution in [3.05, 3.63) is 0 Å². The van der Waals surface area contributed by atoms with Gasteiger partial charge in [-0.1, -0.05) is 6.42 Å². The van der Waals surface area contributed by atoms with Gasteiger partial charge >= 0.3 is 0 Å². The molecule has 2 aliphatic heterocycles. The van der Waals surface area contributed by atoms with Crippen LogP contribution in [0.5, 0.6) is 0 Å². The molecule has 0 spiro atoms. The molecule has 2 rings (SSSR count). The van der Waals surface area contributed by atoms with Crippen molar-refractivity contribution in [1.29, 1.82) is 0 Å². The molecule has 4 nitrogen and oxygen atoms in total. The van der Waals surface area contributed by atoms with Gasteiger partial charge in [0, 0.05) is 24.4 Å². The van der Waals surface area contributed by atoms with Crippen LogP contribution < -0.4 is 11.1 Å². The molecule has 1 amide bonds. The molecule has 2 aliphatic rings. The molecule has 0 aromatic rings. The van der Waals surface area contributed by atoms with E-state index in [-0.39, 0.29) is 11.9 Å². The van der Waals surface area contributed by atoms with E-state index in [9.17, 15) is 4.79 Å². The zero-order valence-corrected chi connectivity index (χ0v) is 10.6. The quantitative estimate of drug-likeness (QED) is 0.734. The van der Waals surface area contributed by atoms with E-state index in [0.717, 1.165) is 32.5 Å². The lowest BCUT2D eigenvalue weighted by Crippen LogP contribution is -2.55. The first-order chi connectivity index (χ1) is 7.74. The summed E-state index contributed by atoms with van der Waals surface area (Å²) in [5.41, 5.74) is 5.50. The highest BCUT2D eigenvalue weighted by molar-refractivity contribution is 7.99. The summed E-state index contributed by atoms with van der Waals surface area (Å²) in [4.78, 5) is 13.8. The summed E-state index contributed by atoms with van der Waals surface area (Å²) in [7, 11) is 0. The van der Waals surface area contributed by atoms with Gasteiger partial charge in [-0.25, -0.2) is 0 Å². The highest BCUT2D eigenvalue weighted by Gasteiger charge is 2.38. The molecule has 0 radical (unpaired) electrons. The number of carbonyl (C=O) groups is 1. The maximum Gasteiger partial charge on any atom is 0.234 e. The fourth-order valence-electron chi connectivity index (χ4n) is 2.87. The zero-order chi connectivity index (χ0) is 11.5. The minimum Gasteiger partial charge on any atom is -0.368 e. The van der Waals surface area contributed by atoms with Crippen molar-refractivity contribution in [2.45, 2.75) is 36.6 Å². The molecule has 5 heteroatoms. The van der Waals surface area contributed by atoms with Gasteiger partial charge in [-0.2, -0.15) is 11.8 Å². The van der Waals surface area contributed by atoms with Gasteiger partial charge in [0.1, 0.15) is 0 Å². The molecule has 0 aliphatic carbocycles. The summed E-state index contributed by atoms with van der Waals surface area (Å²) in [5, 5.41) is 4.01. The second kappa shape index (κ2) is 5.38. The third-order valence-electron chi connectivity index (χ3n) is 3.73. The van der Waals surface area contributed by atoms with Gasteiger partial charge in [-0.15, -0.1) is 0 Å². The molecule has 3 atom stereocenters. The Morgan fingerprint density at radius 2 is 2.25 bits per heavy atom. The van der Waals surface area contributed by atoms with E-state index in [0.29, 0.717) is 11.3 Å². The largest absolute Gasteiger partial charge is 0.368 e. The molecule has 2 heterocycles. The smallest absolute Gasteiger partial charge is 0.234 e. The van der Waals surface area contributed by atoms with Gasteiger partial charge in [0.15, 0.2) is 0 Å². The number of amides is 1. The monoisotopic (exact) mass is 243 g/mol. The minimum absolute atomic E-state index is 0.0340. The highest BCUT2D eigenvalue weighted by atomic mass is 32.2. The number of nitrogens with zero attached hydrogens (tertiary/aromatic N) is 1. The van der Waals surface area contributed by atoms with Crippen molar-refractivity contribution in [2.75, 3.05) is 25.9 Å². The van der Waals surface area contributed by atoms with Gasteiger partial charge in [0.2, 0.25) is 5.91 Å². The third-order valence-corrected chi connectivity index (χ3v) is 4.82. The van der Waals surface area contributed by atoms with Crippen LogP contribution in [0.25, 0.3) is 0 Å². The van der Waals surface area contributed by atoms with Gasteiger partial charge in [-0.3, -0.25) is 9.69 Å². The second-order valence-electron chi connectivity index (χ2n) is 4.65. The first-order valence-electron chi connectivity index (χ1n) is 6.02. The number of rotatable bonds is 3. The average Bonchev–Trinajstić information content (AvgIpc) is 2.76. The van der Waals surface area contributed by atoms with Gasteiger partial charge < -0.3 is 11.1 Å². The first kappa shape index (κ1) is 12.2. The lowest BCUT2D eigenvalue weighted by Gasteiger charge is -2.39. The lowest BCUT2D eigenvalue weighted by atomic mass is 9.98. The summed E-state index contributed by atoms with van der Waals surface area (Å²) in [6.07, 6.45) is 5.41. The maximum atomic E-state index is 11.5. The predicted molar refractivity (Wildman–Crippen MR) is 67.5 cm³/mol. The van der Waals surface area contributed by atoms with Crippen LogP contribution in [0.2, 0.25) is 0 Å². The Morgan fingerprint density at radius 3 is 2.94 bits per heavy atom. The molecule has 16 heavy (non-hydrogen) atoms. The van der Waals surface area contributed by atoms with Crippen LogP contribution in [-0.4, -0.2) is 54.0 Å². The third kappa shape index (κ3) is 2.36. The summed E-state index contributed by atoms with van der Waals surface area (Å²) in [6, 6.07) is 0.445. The Balaban J connectivity index is 2.07. The van der Waals surface area contributed by atoms with E-state index in [4.69, 9.17) is 5.73 Å². The van der Waals surface area contributed by atoms with Gasteiger partial charge in [-0.05, 0) is 25.6 Å². The number of hydrogen-bond acceptors (Lipinski definition) is 4.